The summed E-state index contributed by atoms with van der Waals surface area (Å²) in [6, 6.07) is 8.03. The molecule has 0 bridgehead atoms. The first-order valence-corrected chi connectivity index (χ1v) is 6.19. The van der Waals surface area contributed by atoms with Crippen LogP contribution in [0.1, 0.15) is 32.3 Å². The molecule has 0 amide bonds. The molecule has 0 unspecified atom stereocenters. The molecule has 0 aromatic heterocycles. The van der Waals surface area contributed by atoms with Crippen molar-refractivity contribution < 1.29 is 0 Å². The third-order valence-electron chi connectivity index (χ3n) is 2.86. The van der Waals surface area contributed by atoms with Gasteiger partial charge in [-0.3, -0.25) is 0 Å². The zero-order valence-corrected chi connectivity index (χ0v) is 11.4. The first-order valence-electron chi connectivity index (χ1n) is 5.81. The van der Waals surface area contributed by atoms with Crippen molar-refractivity contribution in [3.63, 3.8) is 0 Å². The van der Waals surface area contributed by atoms with Crippen molar-refractivity contribution in [3.8, 4) is 6.07 Å². The average molecular weight is 251 g/mol. The topological polar surface area (TPSA) is 35.8 Å². The number of benzene rings is 1. The highest BCUT2D eigenvalue weighted by molar-refractivity contribution is 6.30. The fourth-order valence-corrected chi connectivity index (χ4v) is 1.87. The van der Waals surface area contributed by atoms with Crippen molar-refractivity contribution in [2.45, 2.75) is 33.6 Å². The molecule has 0 aliphatic rings. The molecule has 17 heavy (non-hydrogen) atoms. The van der Waals surface area contributed by atoms with Gasteiger partial charge in [-0.25, -0.2) is 0 Å². The minimum absolute atomic E-state index is 0.127. The Balaban J connectivity index is 2.58. The second-order valence-electron chi connectivity index (χ2n) is 5.14. The Labute approximate surface area is 109 Å². The molecule has 1 aromatic rings. The maximum atomic E-state index is 8.60. The molecule has 1 aromatic carbocycles. The number of nitriles is 1. The number of nitrogens with zero attached hydrogens (tertiary/aromatic N) is 1. The highest BCUT2D eigenvalue weighted by Gasteiger charge is 2.17. The molecule has 2 nitrogen and oxygen atoms in total. The van der Waals surface area contributed by atoms with E-state index in [2.05, 4.69) is 25.2 Å². The summed E-state index contributed by atoms with van der Waals surface area (Å²) in [6.07, 6.45) is 1.51. The van der Waals surface area contributed by atoms with Crippen LogP contribution in [0.3, 0.4) is 0 Å². The van der Waals surface area contributed by atoms with Gasteiger partial charge in [0.15, 0.2) is 0 Å². The summed E-state index contributed by atoms with van der Waals surface area (Å²) < 4.78 is 0. The van der Waals surface area contributed by atoms with Crippen LogP contribution in [0, 0.1) is 23.7 Å². The van der Waals surface area contributed by atoms with Crippen molar-refractivity contribution in [1.29, 1.82) is 5.26 Å². The van der Waals surface area contributed by atoms with Crippen LogP contribution in [-0.4, -0.2) is 6.54 Å². The third-order valence-corrected chi connectivity index (χ3v) is 3.09. The smallest absolute Gasteiger partial charge is 0.0621 e. The molecule has 0 aliphatic heterocycles. The Morgan fingerprint density at radius 3 is 2.71 bits per heavy atom. The molecular weight excluding hydrogens is 232 g/mol. The Morgan fingerprint density at radius 2 is 2.12 bits per heavy atom. The van der Waals surface area contributed by atoms with Crippen LogP contribution in [0.5, 0.6) is 0 Å². The molecule has 0 saturated heterocycles. The van der Waals surface area contributed by atoms with Crippen LogP contribution in [0.4, 0.5) is 5.69 Å². The third kappa shape index (κ3) is 4.66. The highest BCUT2D eigenvalue weighted by atomic mass is 35.5. The van der Waals surface area contributed by atoms with E-state index in [4.69, 9.17) is 16.9 Å². The van der Waals surface area contributed by atoms with E-state index in [0.29, 0.717) is 6.42 Å². The monoisotopic (exact) mass is 250 g/mol. The Kier molecular flexibility index (Phi) is 4.84. The van der Waals surface area contributed by atoms with Gasteiger partial charge >= 0.3 is 0 Å². The fourth-order valence-electron chi connectivity index (χ4n) is 1.64. The maximum Gasteiger partial charge on any atom is 0.0621 e. The summed E-state index contributed by atoms with van der Waals surface area (Å²) in [5.74, 6) is 0. The number of nitrogens with one attached hydrogen (secondary N) is 1. The lowest BCUT2D eigenvalue weighted by Gasteiger charge is -2.25. The molecule has 0 atom stereocenters. The van der Waals surface area contributed by atoms with Gasteiger partial charge < -0.3 is 5.32 Å². The molecule has 0 radical (unpaired) electrons. The molecule has 1 N–H and O–H groups in total. The number of anilines is 1. The Bertz CT molecular complexity index is 419. The van der Waals surface area contributed by atoms with E-state index in [1.54, 1.807) is 0 Å². The van der Waals surface area contributed by atoms with Crippen LogP contribution >= 0.6 is 11.6 Å². The molecule has 1 rings (SSSR count). The molecule has 0 saturated carbocycles. The minimum Gasteiger partial charge on any atom is -0.384 e. The first kappa shape index (κ1) is 13.9. The fraction of sp³-hybridized carbons (Fsp3) is 0.500. The van der Waals surface area contributed by atoms with Gasteiger partial charge in [-0.1, -0.05) is 25.4 Å². The number of rotatable bonds is 5. The molecular formula is C14H19ClN2. The predicted molar refractivity (Wildman–Crippen MR) is 73.3 cm³/mol. The van der Waals surface area contributed by atoms with Crippen molar-refractivity contribution in [3.05, 3.63) is 28.8 Å². The Morgan fingerprint density at radius 1 is 1.41 bits per heavy atom. The van der Waals surface area contributed by atoms with E-state index in [1.807, 2.05) is 25.1 Å². The number of hydrogen-bond donors (Lipinski definition) is 1. The molecule has 0 heterocycles. The zero-order chi connectivity index (χ0) is 12.9. The average Bonchev–Trinajstić information content (AvgIpc) is 2.25. The standard InChI is InChI=1S/C14H19ClN2/c1-11-9-12(15)5-6-13(11)17-10-14(2,3)7-4-8-16/h5-6,9,17H,4,7,10H2,1-3H3. The second-order valence-corrected chi connectivity index (χ2v) is 5.57. The van der Waals surface area contributed by atoms with Crippen LogP contribution in [0.2, 0.25) is 5.02 Å². The summed E-state index contributed by atoms with van der Waals surface area (Å²) in [6.45, 7) is 7.23. The normalized spacial score (nSPS) is 11.0. The SMILES string of the molecule is Cc1cc(Cl)ccc1NCC(C)(C)CCC#N. The largest absolute Gasteiger partial charge is 0.384 e. The summed E-state index contributed by atoms with van der Waals surface area (Å²) in [5, 5.41) is 12.8. The van der Waals surface area contributed by atoms with Crippen molar-refractivity contribution in [2.24, 2.45) is 5.41 Å². The lowest BCUT2D eigenvalue weighted by molar-refractivity contribution is 0.364. The van der Waals surface area contributed by atoms with Crippen LogP contribution in [0.25, 0.3) is 0 Å². The van der Waals surface area contributed by atoms with E-state index < -0.39 is 0 Å². The minimum atomic E-state index is 0.127. The zero-order valence-electron chi connectivity index (χ0n) is 10.7. The van der Waals surface area contributed by atoms with Gasteiger partial charge in [0.1, 0.15) is 0 Å². The van der Waals surface area contributed by atoms with Gasteiger partial charge in [-0.05, 0) is 42.5 Å². The van der Waals surface area contributed by atoms with Crippen molar-refractivity contribution in [2.75, 3.05) is 11.9 Å². The predicted octanol–water partition coefficient (Wildman–Crippen LogP) is 4.39. The van der Waals surface area contributed by atoms with Gasteiger partial charge in [-0.15, -0.1) is 0 Å². The maximum absolute atomic E-state index is 8.60. The Hall–Kier alpha value is -1.20. The summed E-state index contributed by atoms with van der Waals surface area (Å²) in [5.41, 5.74) is 2.38. The van der Waals surface area contributed by atoms with Gasteiger partial charge in [0.2, 0.25) is 0 Å². The van der Waals surface area contributed by atoms with Gasteiger partial charge in [0.05, 0.1) is 6.07 Å². The summed E-state index contributed by atoms with van der Waals surface area (Å²) >= 11 is 5.91. The second kappa shape index (κ2) is 5.93. The van der Waals surface area contributed by atoms with E-state index in [9.17, 15) is 0 Å². The van der Waals surface area contributed by atoms with Crippen LogP contribution in [-0.2, 0) is 0 Å². The van der Waals surface area contributed by atoms with Crippen LogP contribution in [0.15, 0.2) is 18.2 Å². The van der Waals surface area contributed by atoms with E-state index in [-0.39, 0.29) is 5.41 Å². The summed E-state index contributed by atoms with van der Waals surface area (Å²) in [4.78, 5) is 0. The van der Waals surface area contributed by atoms with Gasteiger partial charge in [0.25, 0.3) is 0 Å². The lowest BCUT2D eigenvalue weighted by atomic mass is 9.88. The van der Waals surface area contributed by atoms with Gasteiger partial charge in [0, 0.05) is 23.7 Å². The van der Waals surface area contributed by atoms with Crippen molar-refractivity contribution in [1.82, 2.24) is 0 Å². The molecule has 0 spiro atoms. The first-order chi connectivity index (χ1) is 7.94. The summed E-state index contributed by atoms with van der Waals surface area (Å²) in [7, 11) is 0. The molecule has 3 heteroatoms. The van der Waals surface area contributed by atoms with E-state index in [1.165, 1.54) is 0 Å². The quantitative estimate of drug-likeness (QED) is 0.841. The van der Waals surface area contributed by atoms with Crippen molar-refractivity contribution >= 4 is 17.3 Å². The number of aryl methyl sites for hydroxylation is 1. The van der Waals surface area contributed by atoms with E-state index >= 15 is 0 Å². The molecule has 0 aliphatic carbocycles. The van der Waals surface area contributed by atoms with Crippen LogP contribution < -0.4 is 5.32 Å². The molecule has 0 fully saturated rings. The van der Waals surface area contributed by atoms with Gasteiger partial charge in [-0.2, -0.15) is 5.26 Å². The number of halogens is 1. The lowest BCUT2D eigenvalue weighted by Crippen LogP contribution is -2.23. The number of hydrogen-bond acceptors (Lipinski definition) is 2. The van der Waals surface area contributed by atoms with E-state index in [0.717, 1.165) is 29.2 Å². The highest BCUT2D eigenvalue weighted by Crippen LogP contribution is 2.25. The molecule has 92 valence electrons.